The predicted molar refractivity (Wildman–Crippen MR) is 85.3 cm³/mol. The Morgan fingerprint density at radius 1 is 1.40 bits per heavy atom. The average Bonchev–Trinajstić information content (AvgIpc) is 2.97. The van der Waals surface area contributed by atoms with E-state index < -0.39 is 0 Å². The lowest BCUT2D eigenvalue weighted by molar-refractivity contribution is 0.101. The summed E-state index contributed by atoms with van der Waals surface area (Å²) in [7, 11) is 0. The fraction of sp³-hybridized carbons (Fsp3) is 0.647. The highest BCUT2D eigenvalue weighted by Gasteiger charge is 2.17. The molecule has 1 N–H and O–H groups in total. The van der Waals surface area contributed by atoms with Gasteiger partial charge < -0.3 is 10.1 Å². The highest BCUT2D eigenvalue weighted by Crippen LogP contribution is 2.28. The summed E-state index contributed by atoms with van der Waals surface area (Å²) in [5, 5.41) is 4.50. The van der Waals surface area contributed by atoms with Gasteiger partial charge in [0, 0.05) is 17.7 Å². The van der Waals surface area contributed by atoms with Gasteiger partial charge in [0.2, 0.25) is 0 Å². The van der Waals surface area contributed by atoms with Crippen molar-refractivity contribution in [3.63, 3.8) is 0 Å². The lowest BCUT2D eigenvalue weighted by atomic mass is 9.99. The van der Waals surface area contributed by atoms with Crippen molar-refractivity contribution in [2.45, 2.75) is 57.6 Å². The Morgan fingerprint density at radius 3 is 2.95 bits per heavy atom. The number of rotatable bonds is 8. The Labute approximate surface area is 127 Å². The van der Waals surface area contributed by atoms with Crippen LogP contribution in [0.3, 0.4) is 0 Å². The zero-order chi connectivity index (χ0) is 14.2. The van der Waals surface area contributed by atoms with Crippen molar-refractivity contribution < 1.29 is 4.74 Å². The Bertz CT molecular complexity index is 390. The first kappa shape index (κ1) is 15.8. The van der Waals surface area contributed by atoms with Crippen LogP contribution in [0.25, 0.3) is 0 Å². The topological polar surface area (TPSA) is 21.3 Å². The molecular weight excluding hydrogens is 270 g/mol. The van der Waals surface area contributed by atoms with Crippen molar-refractivity contribution in [1.82, 2.24) is 5.32 Å². The van der Waals surface area contributed by atoms with Crippen molar-refractivity contribution in [2.75, 3.05) is 13.2 Å². The first-order valence-corrected chi connectivity index (χ1v) is 8.28. The summed E-state index contributed by atoms with van der Waals surface area (Å²) in [4.78, 5) is 0. The van der Waals surface area contributed by atoms with Crippen LogP contribution in [0, 0.1) is 0 Å². The van der Waals surface area contributed by atoms with Crippen LogP contribution in [0.1, 0.15) is 57.1 Å². The molecule has 0 amide bonds. The third-order valence-corrected chi connectivity index (χ3v) is 4.31. The van der Waals surface area contributed by atoms with Crippen LogP contribution in [0.5, 0.6) is 0 Å². The van der Waals surface area contributed by atoms with E-state index in [0.29, 0.717) is 12.1 Å². The van der Waals surface area contributed by atoms with Crippen molar-refractivity contribution in [1.29, 1.82) is 0 Å². The van der Waals surface area contributed by atoms with Gasteiger partial charge in [-0.3, -0.25) is 0 Å². The van der Waals surface area contributed by atoms with Gasteiger partial charge in [0.15, 0.2) is 0 Å². The van der Waals surface area contributed by atoms with Gasteiger partial charge in [-0.05, 0) is 56.7 Å². The van der Waals surface area contributed by atoms with Crippen LogP contribution in [0.15, 0.2) is 24.3 Å². The number of benzene rings is 1. The standard InChI is InChI=1S/C17H26ClNO/c1-2-12-19-17(15-9-3-4-10-16(15)18)11-5-7-14-8-6-13-20-14/h3-4,9-10,14,17,19H,2,5-8,11-13H2,1H3. The highest BCUT2D eigenvalue weighted by molar-refractivity contribution is 6.31. The third-order valence-electron chi connectivity index (χ3n) is 3.96. The SMILES string of the molecule is CCCNC(CCCC1CCCO1)c1ccccc1Cl. The van der Waals surface area contributed by atoms with E-state index in [1.54, 1.807) is 0 Å². The summed E-state index contributed by atoms with van der Waals surface area (Å²) >= 11 is 6.34. The highest BCUT2D eigenvalue weighted by atomic mass is 35.5. The molecule has 1 heterocycles. The van der Waals surface area contributed by atoms with E-state index >= 15 is 0 Å². The van der Waals surface area contributed by atoms with Crippen LogP contribution in [-0.2, 0) is 4.74 Å². The molecule has 0 spiro atoms. The van der Waals surface area contributed by atoms with Crippen LogP contribution < -0.4 is 5.32 Å². The lowest BCUT2D eigenvalue weighted by Gasteiger charge is -2.21. The summed E-state index contributed by atoms with van der Waals surface area (Å²) in [5.74, 6) is 0. The second-order valence-electron chi connectivity index (χ2n) is 5.59. The smallest absolute Gasteiger partial charge is 0.0576 e. The molecule has 2 unspecified atom stereocenters. The summed E-state index contributed by atoms with van der Waals surface area (Å²) < 4.78 is 5.70. The minimum atomic E-state index is 0.366. The van der Waals surface area contributed by atoms with Crippen molar-refractivity contribution in [2.24, 2.45) is 0 Å². The van der Waals surface area contributed by atoms with E-state index in [1.807, 2.05) is 12.1 Å². The molecule has 2 atom stereocenters. The van der Waals surface area contributed by atoms with E-state index in [4.69, 9.17) is 16.3 Å². The molecule has 2 nitrogen and oxygen atoms in total. The van der Waals surface area contributed by atoms with Gasteiger partial charge in [0.05, 0.1) is 6.10 Å². The van der Waals surface area contributed by atoms with Crippen LogP contribution >= 0.6 is 11.6 Å². The summed E-state index contributed by atoms with van der Waals surface area (Å²) in [6, 6.07) is 8.56. The number of hydrogen-bond acceptors (Lipinski definition) is 2. The van der Waals surface area contributed by atoms with Gasteiger partial charge in [0.25, 0.3) is 0 Å². The van der Waals surface area contributed by atoms with Crippen molar-refractivity contribution in [3.8, 4) is 0 Å². The molecule has 0 radical (unpaired) electrons. The Morgan fingerprint density at radius 2 is 2.25 bits per heavy atom. The number of ether oxygens (including phenoxy) is 1. The maximum absolute atomic E-state index is 6.34. The molecule has 1 aromatic carbocycles. The maximum atomic E-state index is 6.34. The summed E-state index contributed by atoms with van der Waals surface area (Å²) in [6.45, 7) is 4.19. The van der Waals surface area contributed by atoms with E-state index in [0.717, 1.165) is 31.0 Å². The van der Waals surface area contributed by atoms with Gasteiger partial charge in [-0.25, -0.2) is 0 Å². The number of halogens is 1. The number of hydrogen-bond donors (Lipinski definition) is 1. The van der Waals surface area contributed by atoms with Gasteiger partial charge in [-0.2, -0.15) is 0 Å². The second-order valence-corrected chi connectivity index (χ2v) is 6.00. The van der Waals surface area contributed by atoms with E-state index in [9.17, 15) is 0 Å². The zero-order valence-electron chi connectivity index (χ0n) is 12.4. The molecule has 112 valence electrons. The third kappa shape index (κ3) is 4.76. The van der Waals surface area contributed by atoms with Crippen molar-refractivity contribution in [3.05, 3.63) is 34.9 Å². The monoisotopic (exact) mass is 295 g/mol. The quantitative estimate of drug-likeness (QED) is 0.748. The fourth-order valence-corrected chi connectivity index (χ4v) is 3.13. The van der Waals surface area contributed by atoms with Crippen LogP contribution in [-0.4, -0.2) is 19.3 Å². The Kier molecular flexibility index (Phi) is 6.85. The Hall–Kier alpha value is -0.570. The summed E-state index contributed by atoms with van der Waals surface area (Å²) in [5.41, 5.74) is 1.23. The molecule has 20 heavy (non-hydrogen) atoms. The minimum Gasteiger partial charge on any atom is -0.378 e. The molecule has 1 aliphatic rings. The molecule has 2 rings (SSSR count). The molecular formula is C17H26ClNO. The first-order valence-electron chi connectivity index (χ1n) is 7.90. The van der Waals surface area contributed by atoms with Gasteiger partial charge in [-0.15, -0.1) is 0 Å². The molecule has 0 aliphatic carbocycles. The van der Waals surface area contributed by atoms with Crippen molar-refractivity contribution >= 4 is 11.6 Å². The molecule has 1 saturated heterocycles. The first-order chi connectivity index (χ1) is 9.81. The van der Waals surface area contributed by atoms with Gasteiger partial charge in [0.1, 0.15) is 0 Å². The van der Waals surface area contributed by atoms with Gasteiger partial charge >= 0.3 is 0 Å². The average molecular weight is 296 g/mol. The van der Waals surface area contributed by atoms with Gasteiger partial charge in [-0.1, -0.05) is 36.7 Å². The van der Waals surface area contributed by atoms with Crippen LogP contribution in [0.4, 0.5) is 0 Å². The molecule has 0 bridgehead atoms. The molecule has 3 heteroatoms. The molecule has 0 aromatic heterocycles. The molecule has 0 saturated carbocycles. The van der Waals surface area contributed by atoms with Crippen LogP contribution in [0.2, 0.25) is 5.02 Å². The fourth-order valence-electron chi connectivity index (χ4n) is 2.87. The zero-order valence-corrected chi connectivity index (χ0v) is 13.2. The maximum Gasteiger partial charge on any atom is 0.0576 e. The van der Waals surface area contributed by atoms with E-state index in [1.165, 1.54) is 31.2 Å². The summed E-state index contributed by atoms with van der Waals surface area (Å²) in [6.07, 6.45) is 7.60. The Balaban J connectivity index is 1.87. The molecule has 1 aromatic rings. The van der Waals surface area contributed by atoms with E-state index in [-0.39, 0.29) is 0 Å². The molecule has 1 fully saturated rings. The normalized spacial score (nSPS) is 20.2. The molecule has 1 aliphatic heterocycles. The second kappa shape index (κ2) is 8.66. The largest absolute Gasteiger partial charge is 0.378 e. The number of nitrogens with one attached hydrogen (secondary N) is 1. The van der Waals surface area contributed by atoms with E-state index in [2.05, 4.69) is 24.4 Å². The predicted octanol–water partition coefficient (Wildman–Crippen LogP) is 4.73. The lowest BCUT2D eigenvalue weighted by Crippen LogP contribution is -2.22. The minimum absolute atomic E-state index is 0.366.